The van der Waals surface area contributed by atoms with Crippen LogP contribution in [0.5, 0.6) is 0 Å². The second-order valence-electron chi connectivity index (χ2n) is 5.57. The van der Waals surface area contributed by atoms with Crippen LogP contribution in [0.3, 0.4) is 0 Å². The van der Waals surface area contributed by atoms with Crippen LogP contribution in [0.25, 0.3) is 17.2 Å². The molecule has 27 heavy (non-hydrogen) atoms. The minimum atomic E-state index is -0.638. The zero-order chi connectivity index (χ0) is 19.2. The molecule has 0 saturated heterocycles. The van der Waals surface area contributed by atoms with Gasteiger partial charge >= 0.3 is 5.97 Å². The summed E-state index contributed by atoms with van der Waals surface area (Å²) < 4.78 is 11.2. The van der Waals surface area contributed by atoms with E-state index in [2.05, 4.69) is 4.98 Å². The van der Waals surface area contributed by atoms with Gasteiger partial charge in [0.1, 0.15) is 5.52 Å². The molecule has 3 aromatic rings. The van der Waals surface area contributed by atoms with Crippen molar-refractivity contribution in [2.45, 2.75) is 13.5 Å². The van der Waals surface area contributed by atoms with Crippen molar-refractivity contribution in [3.05, 3.63) is 57.6 Å². The van der Waals surface area contributed by atoms with Crippen molar-refractivity contribution in [3.8, 4) is 0 Å². The van der Waals surface area contributed by atoms with Crippen LogP contribution in [0.4, 0.5) is 0 Å². The molecule has 8 heteroatoms. The Kier molecular flexibility index (Phi) is 6.26. The van der Waals surface area contributed by atoms with E-state index in [1.54, 1.807) is 17.0 Å². The van der Waals surface area contributed by atoms with Crippen LogP contribution < -0.4 is 0 Å². The van der Waals surface area contributed by atoms with Gasteiger partial charge in [0.25, 0.3) is 5.91 Å². The number of hydrogen-bond donors (Lipinski definition) is 0. The molecular weight excluding hydrogens is 388 g/mol. The molecule has 0 spiro atoms. The Morgan fingerprint density at radius 2 is 2.11 bits per heavy atom. The number of amides is 1. The van der Waals surface area contributed by atoms with Crippen LogP contribution in [-0.2, 0) is 20.9 Å². The number of ether oxygens (including phenoxy) is 1. The molecule has 0 unspecified atom stereocenters. The van der Waals surface area contributed by atoms with E-state index in [1.807, 2.05) is 31.2 Å². The lowest BCUT2D eigenvalue weighted by Crippen LogP contribution is -2.33. The molecule has 0 N–H and O–H groups in total. The van der Waals surface area contributed by atoms with Gasteiger partial charge < -0.3 is 14.1 Å². The third-order valence-corrected chi connectivity index (χ3v) is 4.94. The van der Waals surface area contributed by atoms with Crippen molar-refractivity contribution in [3.63, 3.8) is 0 Å². The monoisotopic (exact) mass is 404 g/mol. The molecule has 2 aromatic heterocycles. The Hall–Kier alpha value is -2.64. The fraction of sp³-hybridized carbons (Fsp3) is 0.211. The van der Waals surface area contributed by atoms with E-state index < -0.39 is 5.97 Å². The third-order valence-electron chi connectivity index (χ3n) is 3.72. The molecule has 6 nitrogen and oxygen atoms in total. The summed E-state index contributed by atoms with van der Waals surface area (Å²) in [6, 6.07) is 10.9. The normalized spacial score (nSPS) is 11.2. The smallest absolute Gasteiger partial charge is 0.331 e. The van der Waals surface area contributed by atoms with Crippen molar-refractivity contribution in [1.82, 2.24) is 9.88 Å². The summed E-state index contributed by atoms with van der Waals surface area (Å²) in [4.78, 5) is 30.9. The Labute approximate surface area is 165 Å². The van der Waals surface area contributed by atoms with Crippen molar-refractivity contribution in [2.24, 2.45) is 0 Å². The number of thiophene rings is 1. The van der Waals surface area contributed by atoms with Gasteiger partial charge in [-0.15, -0.1) is 11.3 Å². The predicted molar refractivity (Wildman–Crippen MR) is 104 cm³/mol. The minimum absolute atomic E-state index is 0.273. The van der Waals surface area contributed by atoms with Gasteiger partial charge in [0.15, 0.2) is 12.2 Å². The number of carbonyl (C=O) groups is 2. The fourth-order valence-electron chi connectivity index (χ4n) is 2.37. The molecule has 0 radical (unpaired) electrons. The van der Waals surface area contributed by atoms with Crippen molar-refractivity contribution < 1.29 is 18.7 Å². The number of fused-ring (bicyclic) bond motifs is 1. The van der Waals surface area contributed by atoms with E-state index in [1.165, 1.54) is 23.5 Å². The van der Waals surface area contributed by atoms with Crippen molar-refractivity contribution in [2.75, 3.05) is 13.2 Å². The number of nitrogens with zero attached hydrogens (tertiary/aromatic N) is 2. The largest absolute Gasteiger partial charge is 0.452 e. The average molecular weight is 405 g/mol. The summed E-state index contributed by atoms with van der Waals surface area (Å²) in [5, 5.41) is 0. The fourth-order valence-corrected chi connectivity index (χ4v) is 3.48. The molecule has 0 aliphatic heterocycles. The number of rotatable bonds is 7. The van der Waals surface area contributed by atoms with Crippen LogP contribution in [-0.4, -0.2) is 34.9 Å². The van der Waals surface area contributed by atoms with E-state index in [9.17, 15) is 9.59 Å². The number of para-hydroxylation sites is 2. The first kappa shape index (κ1) is 19.1. The number of esters is 1. The first-order valence-electron chi connectivity index (χ1n) is 8.27. The number of carbonyl (C=O) groups excluding carboxylic acids is 2. The second kappa shape index (κ2) is 8.83. The predicted octanol–water partition coefficient (Wildman–Crippen LogP) is 4.15. The highest BCUT2D eigenvalue weighted by Gasteiger charge is 2.15. The van der Waals surface area contributed by atoms with Gasteiger partial charge in [-0.25, -0.2) is 9.78 Å². The lowest BCUT2D eigenvalue weighted by Gasteiger charge is -2.19. The third kappa shape index (κ3) is 5.18. The highest BCUT2D eigenvalue weighted by molar-refractivity contribution is 7.16. The zero-order valence-electron chi connectivity index (χ0n) is 14.6. The maximum atomic E-state index is 12.2. The van der Waals surface area contributed by atoms with Crippen LogP contribution >= 0.6 is 22.9 Å². The van der Waals surface area contributed by atoms with E-state index in [4.69, 9.17) is 20.8 Å². The maximum Gasteiger partial charge on any atom is 0.331 e. The number of likely N-dealkylation sites (N-methyl/N-ethyl adjacent to an activating group) is 1. The van der Waals surface area contributed by atoms with Crippen LogP contribution in [0.1, 0.15) is 17.7 Å². The Morgan fingerprint density at radius 1 is 1.30 bits per heavy atom. The van der Waals surface area contributed by atoms with E-state index in [-0.39, 0.29) is 12.5 Å². The van der Waals surface area contributed by atoms with E-state index >= 15 is 0 Å². The van der Waals surface area contributed by atoms with Crippen molar-refractivity contribution >= 4 is 52.0 Å². The molecule has 0 fully saturated rings. The highest BCUT2D eigenvalue weighted by Crippen LogP contribution is 2.22. The second-order valence-corrected chi connectivity index (χ2v) is 7.37. The lowest BCUT2D eigenvalue weighted by molar-refractivity contribution is -0.148. The summed E-state index contributed by atoms with van der Waals surface area (Å²) in [6.07, 6.45) is 2.60. The number of benzene rings is 1. The molecule has 0 aliphatic rings. The molecule has 0 aliphatic carbocycles. The van der Waals surface area contributed by atoms with Gasteiger partial charge in [-0.2, -0.15) is 0 Å². The molecular formula is C19H17ClN2O4S. The molecule has 0 atom stereocenters. The van der Waals surface area contributed by atoms with Gasteiger partial charge in [0.2, 0.25) is 5.89 Å². The molecule has 3 rings (SSSR count). The first-order chi connectivity index (χ1) is 13.0. The first-order valence-corrected chi connectivity index (χ1v) is 9.47. The summed E-state index contributed by atoms with van der Waals surface area (Å²) >= 11 is 7.32. The number of hydrogen-bond acceptors (Lipinski definition) is 6. The average Bonchev–Trinajstić information content (AvgIpc) is 3.27. The molecule has 0 bridgehead atoms. The number of halogens is 1. The van der Waals surface area contributed by atoms with Gasteiger partial charge in [-0.1, -0.05) is 23.7 Å². The molecule has 1 aromatic carbocycles. The zero-order valence-corrected chi connectivity index (χ0v) is 16.1. The van der Waals surface area contributed by atoms with Gasteiger partial charge in [-0.05, 0) is 31.2 Å². The van der Waals surface area contributed by atoms with Crippen LogP contribution in [0.2, 0.25) is 4.34 Å². The number of oxazole rings is 1. The van der Waals surface area contributed by atoms with E-state index in [0.717, 1.165) is 4.88 Å². The SMILES string of the molecule is CCN(Cc1ccc(Cl)s1)C(=O)COC(=O)/C=C/c1nc2ccccc2o1. The standard InChI is InChI=1S/C19H17ClN2O4S/c1-2-22(11-13-7-8-16(20)27-13)18(23)12-25-19(24)10-9-17-21-14-5-3-4-6-15(14)26-17/h3-10H,2,11-12H2,1H3/b10-9+. The van der Waals surface area contributed by atoms with Crippen LogP contribution in [0, 0.1) is 0 Å². The van der Waals surface area contributed by atoms with Gasteiger partial charge in [0.05, 0.1) is 10.9 Å². The van der Waals surface area contributed by atoms with Gasteiger partial charge in [-0.3, -0.25) is 4.79 Å². The highest BCUT2D eigenvalue weighted by atomic mass is 35.5. The Bertz CT molecular complexity index is 946. The molecule has 1 amide bonds. The quantitative estimate of drug-likeness (QED) is 0.437. The Morgan fingerprint density at radius 3 is 2.81 bits per heavy atom. The molecule has 140 valence electrons. The Balaban J connectivity index is 1.51. The number of aromatic nitrogens is 1. The summed E-state index contributed by atoms with van der Waals surface area (Å²) in [5.41, 5.74) is 1.33. The molecule has 0 saturated carbocycles. The summed E-state index contributed by atoms with van der Waals surface area (Å²) in [6.45, 7) is 2.47. The topological polar surface area (TPSA) is 72.6 Å². The summed E-state index contributed by atoms with van der Waals surface area (Å²) in [5.74, 6) is -0.615. The minimum Gasteiger partial charge on any atom is -0.452 e. The van der Waals surface area contributed by atoms with Gasteiger partial charge in [0, 0.05) is 23.6 Å². The lowest BCUT2D eigenvalue weighted by atomic mass is 10.3. The van der Waals surface area contributed by atoms with E-state index in [0.29, 0.717) is 34.4 Å². The molecule has 2 heterocycles. The van der Waals surface area contributed by atoms with Crippen LogP contribution in [0.15, 0.2) is 46.9 Å². The van der Waals surface area contributed by atoms with Crippen molar-refractivity contribution in [1.29, 1.82) is 0 Å². The summed E-state index contributed by atoms with van der Waals surface area (Å²) in [7, 11) is 0. The maximum absolute atomic E-state index is 12.2.